The van der Waals surface area contributed by atoms with Gasteiger partial charge in [-0.2, -0.15) is 0 Å². The third-order valence-corrected chi connectivity index (χ3v) is 5.81. The molecular weight excluding hydrogens is 352 g/mol. The van der Waals surface area contributed by atoms with E-state index in [0.29, 0.717) is 6.61 Å². The van der Waals surface area contributed by atoms with Gasteiger partial charge in [0, 0.05) is 74.1 Å². The molecule has 0 saturated carbocycles. The first kappa shape index (κ1) is 18.7. The van der Waals surface area contributed by atoms with Crippen molar-refractivity contribution in [3.05, 3.63) is 52.9 Å². The molecule has 0 bridgehead atoms. The minimum absolute atomic E-state index is 0.302. The Labute approximate surface area is 166 Å². The number of aromatic nitrogens is 3. The van der Waals surface area contributed by atoms with E-state index in [1.807, 2.05) is 19.2 Å². The fraction of sp³-hybridized carbons (Fsp3) is 0.455. The van der Waals surface area contributed by atoms with Crippen LogP contribution < -0.4 is 0 Å². The lowest BCUT2D eigenvalue weighted by Crippen LogP contribution is -2.27. The average molecular weight is 380 g/mol. The highest BCUT2D eigenvalue weighted by Gasteiger charge is 2.26. The Bertz CT molecular complexity index is 938. The SMILES string of the molecule is CCOC(=O)/C=C/c1cc2c(n1C)CCn1ccnc1C2=C1CCN(C)CC1. The Balaban J connectivity index is 1.80. The summed E-state index contributed by atoms with van der Waals surface area (Å²) in [6.07, 6.45) is 10.4. The van der Waals surface area contributed by atoms with E-state index < -0.39 is 0 Å². The number of aryl methyl sites for hydroxylation is 1. The average Bonchev–Trinajstić information content (AvgIpc) is 3.22. The van der Waals surface area contributed by atoms with Gasteiger partial charge >= 0.3 is 5.97 Å². The zero-order chi connectivity index (χ0) is 19.7. The van der Waals surface area contributed by atoms with E-state index in [4.69, 9.17) is 9.72 Å². The summed E-state index contributed by atoms with van der Waals surface area (Å²) in [7, 11) is 4.26. The van der Waals surface area contributed by atoms with E-state index >= 15 is 0 Å². The highest BCUT2D eigenvalue weighted by molar-refractivity contribution is 5.88. The van der Waals surface area contributed by atoms with Crippen LogP contribution >= 0.6 is 0 Å². The Kier molecular flexibility index (Phi) is 5.22. The number of fused-ring (bicyclic) bond motifs is 2. The second-order valence-corrected chi connectivity index (χ2v) is 7.55. The van der Waals surface area contributed by atoms with Crippen molar-refractivity contribution in [2.24, 2.45) is 7.05 Å². The number of piperidine rings is 1. The van der Waals surface area contributed by atoms with Crippen molar-refractivity contribution < 1.29 is 9.53 Å². The van der Waals surface area contributed by atoms with Gasteiger partial charge in [-0.1, -0.05) is 5.57 Å². The molecule has 0 spiro atoms. The van der Waals surface area contributed by atoms with Crippen LogP contribution in [0.15, 0.2) is 30.1 Å². The Hall–Kier alpha value is -2.60. The van der Waals surface area contributed by atoms with Crippen molar-refractivity contribution in [2.45, 2.75) is 32.7 Å². The van der Waals surface area contributed by atoms with Crippen LogP contribution in [0.4, 0.5) is 0 Å². The van der Waals surface area contributed by atoms with E-state index in [2.05, 4.69) is 40.4 Å². The fourth-order valence-electron chi connectivity index (χ4n) is 4.24. The van der Waals surface area contributed by atoms with Crippen LogP contribution in [-0.4, -0.2) is 51.7 Å². The lowest BCUT2D eigenvalue weighted by atomic mass is 9.92. The molecule has 2 aliphatic rings. The summed E-state index contributed by atoms with van der Waals surface area (Å²) >= 11 is 0. The number of likely N-dealkylation sites (tertiary alicyclic amines) is 1. The first-order valence-electron chi connectivity index (χ1n) is 10.0. The topological polar surface area (TPSA) is 52.3 Å². The van der Waals surface area contributed by atoms with Crippen LogP contribution in [0.2, 0.25) is 0 Å². The van der Waals surface area contributed by atoms with Gasteiger partial charge in [-0.15, -0.1) is 0 Å². The van der Waals surface area contributed by atoms with Gasteiger partial charge in [0.1, 0.15) is 5.82 Å². The van der Waals surface area contributed by atoms with Crippen molar-refractivity contribution >= 4 is 17.6 Å². The van der Waals surface area contributed by atoms with Crippen molar-refractivity contribution in [1.29, 1.82) is 0 Å². The predicted octanol–water partition coefficient (Wildman–Crippen LogP) is 2.88. The molecule has 0 aromatic carbocycles. The van der Waals surface area contributed by atoms with Crippen molar-refractivity contribution in [3.8, 4) is 0 Å². The third-order valence-electron chi connectivity index (χ3n) is 5.81. The molecule has 0 amide bonds. The Morgan fingerprint density at radius 3 is 2.75 bits per heavy atom. The maximum Gasteiger partial charge on any atom is 0.330 e. The zero-order valence-electron chi connectivity index (χ0n) is 16.9. The van der Waals surface area contributed by atoms with E-state index in [-0.39, 0.29) is 5.97 Å². The Morgan fingerprint density at radius 2 is 2.00 bits per heavy atom. The molecule has 2 aliphatic heterocycles. The molecule has 0 aliphatic carbocycles. The van der Waals surface area contributed by atoms with Crippen LogP contribution in [0.1, 0.15) is 42.5 Å². The van der Waals surface area contributed by atoms with Gasteiger partial charge in [-0.3, -0.25) is 0 Å². The van der Waals surface area contributed by atoms with Crippen LogP contribution in [0, 0.1) is 0 Å². The number of carbonyl (C=O) groups excluding carboxylic acids is 1. The minimum Gasteiger partial charge on any atom is -0.463 e. The summed E-state index contributed by atoms with van der Waals surface area (Å²) in [4.78, 5) is 18.9. The van der Waals surface area contributed by atoms with Gasteiger partial charge in [-0.05, 0) is 39.0 Å². The molecule has 1 fully saturated rings. The second-order valence-electron chi connectivity index (χ2n) is 7.55. The summed E-state index contributed by atoms with van der Waals surface area (Å²) in [5.74, 6) is 0.771. The number of hydrogen-bond donors (Lipinski definition) is 0. The van der Waals surface area contributed by atoms with Crippen LogP contribution in [0.25, 0.3) is 11.6 Å². The quantitative estimate of drug-likeness (QED) is 0.607. The van der Waals surface area contributed by atoms with Crippen LogP contribution in [-0.2, 0) is 29.5 Å². The Morgan fingerprint density at radius 1 is 1.21 bits per heavy atom. The number of ether oxygens (including phenoxy) is 1. The molecule has 6 heteroatoms. The van der Waals surface area contributed by atoms with Crippen molar-refractivity contribution in [2.75, 3.05) is 26.7 Å². The first-order chi connectivity index (χ1) is 13.6. The van der Waals surface area contributed by atoms with Crippen LogP contribution in [0.3, 0.4) is 0 Å². The summed E-state index contributed by atoms with van der Waals surface area (Å²) in [5, 5.41) is 0. The number of esters is 1. The maximum absolute atomic E-state index is 11.8. The fourth-order valence-corrected chi connectivity index (χ4v) is 4.24. The van der Waals surface area contributed by atoms with Gasteiger partial charge in [-0.25, -0.2) is 9.78 Å². The molecule has 6 nitrogen and oxygen atoms in total. The van der Waals surface area contributed by atoms with Crippen molar-refractivity contribution in [3.63, 3.8) is 0 Å². The molecule has 2 aromatic heterocycles. The monoisotopic (exact) mass is 380 g/mol. The van der Waals surface area contributed by atoms with Gasteiger partial charge in [0.15, 0.2) is 0 Å². The van der Waals surface area contributed by atoms with Gasteiger partial charge < -0.3 is 18.8 Å². The van der Waals surface area contributed by atoms with E-state index in [9.17, 15) is 4.79 Å². The molecule has 0 radical (unpaired) electrons. The molecule has 148 valence electrons. The van der Waals surface area contributed by atoms with Gasteiger partial charge in [0.2, 0.25) is 0 Å². The molecular formula is C22H28N4O2. The largest absolute Gasteiger partial charge is 0.463 e. The lowest BCUT2D eigenvalue weighted by Gasteiger charge is -2.26. The highest BCUT2D eigenvalue weighted by Crippen LogP contribution is 2.37. The second kappa shape index (κ2) is 7.80. The normalized spacial score (nSPS) is 17.5. The summed E-state index contributed by atoms with van der Waals surface area (Å²) in [6.45, 7) is 5.28. The molecule has 1 saturated heterocycles. The number of rotatable bonds is 3. The summed E-state index contributed by atoms with van der Waals surface area (Å²) in [5.41, 5.74) is 6.35. The highest BCUT2D eigenvalue weighted by atomic mass is 16.5. The standard InChI is InChI=1S/C22H28N4O2/c1-4-28-20(27)6-5-17-15-18-19(25(17)3)9-13-26-14-10-23-22(26)21(18)16-7-11-24(2)12-8-16/h5-6,10,14-15H,4,7-9,11-13H2,1-3H3/b6-5+. The number of imidazole rings is 1. The van der Waals surface area contributed by atoms with E-state index in [1.165, 1.54) is 28.5 Å². The smallest absolute Gasteiger partial charge is 0.330 e. The molecule has 2 aromatic rings. The third kappa shape index (κ3) is 3.44. The van der Waals surface area contributed by atoms with Gasteiger partial charge in [0.05, 0.1) is 6.61 Å². The number of hydrogen-bond acceptors (Lipinski definition) is 4. The molecule has 0 unspecified atom stereocenters. The summed E-state index contributed by atoms with van der Waals surface area (Å²) < 4.78 is 9.50. The molecule has 4 rings (SSSR count). The predicted molar refractivity (Wildman–Crippen MR) is 110 cm³/mol. The maximum atomic E-state index is 11.8. The minimum atomic E-state index is -0.302. The number of nitrogens with zero attached hydrogens (tertiary/aromatic N) is 4. The van der Waals surface area contributed by atoms with Gasteiger partial charge in [0.25, 0.3) is 0 Å². The summed E-state index contributed by atoms with van der Waals surface area (Å²) in [6, 6.07) is 2.20. The molecule has 0 atom stereocenters. The molecule has 0 N–H and O–H groups in total. The molecule has 4 heterocycles. The van der Waals surface area contributed by atoms with E-state index in [1.54, 1.807) is 0 Å². The van der Waals surface area contributed by atoms with Crippen LogP contribution in [0.5, 0.6) is 0 Å². The molecule has 28 heavy (non-hydrogen) atoms. The first-order valence-corrected chi connectivity index (χ1v) is 10.0. The zero-order valence-corrected chi connectivity index (χ0v) is 16.9. The van der Waals surface area contributed by atoms with Crippen molar-refractivity contribution in [1.82, 2.24) is 19.0 Å². The van der Waals surface area contributed by atoms with E-state index in [0.717, 1.165) is 50.4 Å². The lowest BCUT2D eigenvalue weighted by molar-refractivity contribution is -0.137. The number of carbonyl (C=O) groups is 1.